The number of hydrogen-bond donors (Lipinski definition) is 0. The molecule has 0 unspecified atom stereocenters. The zero-order chi connectivity index (χ0) is 23.6. The Morgan fingerprint density at radius 2 is 1.76 bits per heavy atom. The molecule has 1 fully saturated rings. The quantitative estimate of drug-likeness (QED) is 0.353. The third-order valence-corrected chi connectivity index (χ3v) is 7.15. The van der Waals surface area contributed by atoms with Crippen LogP contribution in [0.15, 0.2) is 71.2 Å². The highest BCUT2D eigenvalue weighted by atomic mass is 79.9. The summed E-state index contributed by atoms with van der Waals surface area (Å²) in [5.74, 6) is 0.436. The number of fused-ring (bicyclic) bond motifs is 1. The summed E-state index contributed by atoms with van der Waals surface area (Å²) < 4.78 is 7.05. The van der Waals surface area contributed by atoms with E-state index in [2.05, 4.69) is 89.6 Å². The molecule has 174 valence electrons. The molecule has 3 atom stereocenters. The van der Waals surface area contributed by atoms with Crippen molar-refractivity contribution in [3.63, 3.8) is 0 Å². The minimum absolute atomic E-state index is 0.0859. The fourth-order valence-corrected chi connectivity index (χ4v) is 5.60. The first-order valence-electron chi connectivity index (χ1n) is 12.0. The van der Waals surface area contributed by atoms with Crippen LogP contribution in [0.1, 0.15) is 76.5 Å². The van der Waals surface area contributed by atoms with Crippen molar-refractivity contribution in [1.29, 1.82) is 0 Å². The van der Waals surface area contributed by atoms with E-state index < -0.39 is 5.60 Å². The van der Waals surface area contributed by atoms with Crippen LogP contribution >= 0.6 is 15.9 Å². The van der Waals surface area contributed by atoms with Crippen LogP contribution in [0, 0.1) is 0 Å². The monoisotopic (exact) mass is 507 g/mol. The van der Waals surface area contributed by atoms with E-state index in [1.807, 2.05) is 25.7 Å². The minimum atomic E-state index is -0.536. The summed E-state index contributed by atoms with van der Waals surface area (Å²) >= 11 is 3.62. The zero-order valence-electron chi connectivity index (χ0n) is 20.1. The van der Waals surface area contributed by atoms with Crippen LogP contribution in [-0.2, 0) is 4.74 Å². The van der Waals surface area contributed by atoms with E-state index >= 15 is 0 Å². The molecule has 33 heavy (non-hydrogen) atoms. The van der Waals surface area contributed by atoms with Gasteiger partial charge < -0.3 is 4.74 Å². The van der Waals surface area contributed by atoms with Crippen molar-refractivity contribution in [1.82, 2.24) is 4.90 Å². The summed E-state index contributed by atoms with van der Waals surface area (Å²) in [7, 11) is 0. The lowest BCUT2D eigenvalue weighted by Crippen LogP contribution is -2.46. The number of carbonyl (C=O) groups is 1. The summed E-state index contributed by atoms with van der Waals surface area (Å²) in [4.78, 5) is 15.6. The first-order chi connectivity index (χ1) is 15.7. The van der Waals surface area contributed by atoms with Gasteiger partial charge in [0.15, 0.2) is 0 Å². The normalized spacial score (nSPS) is 19.8. The fraction of sp³-hybridized carbons (Fsp3) is 0.414. The fourth-order valence-electron chi connectivity index (χ4n) is 5.18. The maximum atomic E-state index is 13.6. The van der Waals surface area contributed by atoms with Crippen molar-refractivity contribution in [3.05, 3.63) is 82.3 Å². The Balaban J connectivity index is 1.69. The van der Waals surface area contributed by atoms with Gasteiger partial charge in [0.05, 0.1) is 6.04 Å². The van der Waals surface area contributed by atoms with Crippen molar-refractivity contribution < 1.29 is 9.53 Å². The van der Waals surface area contributed by atoms with E-state index in [1.54, 1.807) is 0 Å². The van der Waals surface area contributed by atoms with E-state index in [0.717, 1.165) is 30.2 Å². The highest BCUT2D eigenvalue weighted by molar-refractivity contribution is 9.10. The van der Waals surface area contributed by atoms with Crippen molar-refractivity contribution in [3.8, 4) is 0 Å². The number of halogens is 1. The summed E-state index contributed by atoms with van der Waals surface area (Å²) in [5, 5.41) is 2.39. The Labute approximate surface area is 206 Å². The highest BCUT2D eigenvalue weighted by Crippen LogP contribution is 2.40. The summed E-state index contributed by atoms with van der Waals surface area (Å²) in [6, 6.07) is 23.4. The van der Waals surface area contributed by atoms with Crippen molar-refractivity contribution in [2.24, 2.45) is 0 Å². The maximum absolute atomic E-state index is 13.6. The molecule has 1 amide bonds. The Bertz CT molecular complexity index is 1110. The van der Waals surface area contributed by atoms with Crippen LogP contribution in [0.4, 0.5) is 4.79 Å². The molecule has 0 spiro atoms. The smallest absolute Gasteiger partial charge is 0.411 e. The van der Waals surface area contributed by atoms with Crippen LogP contribution in [0.3, 0.4) is 0 Å². The Morgan fingerprint density at radius 3 is 2.52 bits per heavy atom. The Morgan fingerprint density at radius 1 is 1.03 bits per heavy atom. The van der Waals surface area contributed by atoms with Crippen LogP contribution in [0.25, 0.3) is 10.8 Å². The average Bonchev–Trinajstić information content (AvgIpc) is 2.78. The Kier molecular flexibility index (Phi) is 7.13. The molecule has 3 aromatic rings. The van der Waals surface area contributed by atoms with E-state index in [4.69, 9.17) is 4.74 Å². The maximum Gasteiger partial charge on any atom is 0.411 e. The number of amides is 1. The third kappa shape index (κ3) is 5.60. The van der Waals surface area contributed by atoms with Crippen molar-refractivity contribution in [2.75, 3.05) is 0 Å². The van der Waals surface area contributed by atoms with E-state index in [0.29, 0.717) is 5.92 Å². The summed E-state index contributed by atoms with van der Waals surface area (Å²) in [5.41, 5.74) is 1.98. The average molecular weight is 509 g/mol. The number of rotatable bonds is 4. The molecule has 0 aliphatic heterocycles. The predicted molar refractivity (Wildman–Crippen MR) is 140 cm³/mol. The molecule has 3 nitrogen and oxygen atoms in total. The van der Waals surface area contributed by atoms with Gasteiger partial charge in [-0.1, -0.05) is 76.9 Å². The van der Waals surface area contributed by atoms with Gasteiger partial charge >= 0.3 is 6.09 Å². The van der Waals surface area contributed by atoms with Gasteiger partial charge in [0.25, 0.3) is 0 Å². The molecule has 0 bridgehead atoms. The molecule has 0 heterocycles. The van der Waals surface area contributed by atoms with E-state index in [9.17, 15) is 4.79 Å². The molecule has 3 aromatic carbocycles. The predicted octanol–water partition coefficient (Wildman–Crippen LogP) is 8.63. The van der Waals surface area contributed by atoms with Gasteiger partial charge in [-0.25, -0.2) is 4.79 Å². The molecule has 0 saturated heterocycles. The van der Waals surface area contributed by atoms with Gasteiger partial charge in [0.1, 0.15) is 5.60 Å². The molecule has 4 heteroatoms. The Hall–Kier alpha value is -2.33. The highest BCUT2D eigenvalue weighted by Gasteiger charge is 2.36. The van der Waals surface area contributed by atoms with Crippen LogP contribution < -0.4 is 0 Å². The van der Waals surface area contributed by atoms with E-state index in [-0.39, 0.29) is 18.2 Å². The van der Waals surface area contributed by atoms with E-state index in [1.165, 1.54) is 21.9 Å². The van der Waals surface area contributed by atoms with Gasteiger partial charge in [0, 0.05) is 10.5 Å². The van der Waals surface area contributed by atoms with Crippen LogP contribution in [0.2, 0.25) is 0 Å². The van der Waals surface area contributed by atoms with Crippen molar-refractivity contribution in [2.45, 2.75) is 77.0 Å². The molecule has 0 radical (unpaired) electrons. The first kappa shape index (κ1) is 23.8. The lowest BCUT2D eigenvalue weighted by atomic mass is 9.80. The number of hydrogen-bond acceptors (Lipinski definition) is 2. The minimum Gasteiger partial charge on any atom is -0.444 e. The molecular weight excluding hydrogens is 474 g/mol. The molecular formula is C29H34BrNO2. The molecule has 1 saturated carbocycles. The second kappa shape index (κ2) is 9.89. The SMILES string of the molecule is C[C@H](c1cccc2ccccc12)N(C(=O)OC(C)(C)C)[C@@H]1CCC[C@@H](c2cccc(Br)c2)C1. The van der Waals surface area contributed by atoms with Crippen LogP contribution in [0.5, 0.6) is 0 Å². The van der Waals surface area contributed by atoms with Gasteiger partial charge in [0.2, 0.25) is 0 Å². The third-order valence-electron chi connectivity index (χ3n) is 6.66. The second-order valence-corrected chi connectivity index (χ2v) is 11.1. The largest absolute Gasteiger partial charge is 0.444 e. The van der Waals surface area contributed by atoms with Crippen LogP contribution in [-0.4, -0.2) is 22.6 Å². The lowest BCUT2D eigenvalue weighted by molar-refractivity contribution is 0.000757. The topological polar surface area (TPSA) is 29.5 Å². The summed E-state index contributed by atoms with van der Waals surface area (Å²) in [6.45, 7) is 7.97. The number of carbonyl (C=O) groups excluding carboxylic acids is 1. The lowest BCUT2D eigenvalue weighted by Gasteiger charge is -2.42. The molecule has 0 N–H and O–H groups in total. The van der Waals surface area contributed by atoms with Gasteiger partial charge in [-0.2, -0.15) is 0 Å². The van der Waals surface area contributed by atoms with Gasteiger partial charge in [-0.15, -0.1) is 0 Å². The number of ether oxygens (including phenoxy) is 1. The first-order valence-corrected chi connectivity index (χ1v) is 12.8. The second-order valence-electron chi connectivity index (χ2n) is 10.2. The summed E-state index contributed by atoms with van der Waals surface area (Å²) in [6.07, 6.45) is 3.98. The molecule has 0 aromatic heterocycles. The number of nitrogens with zero attached hydrogens (tertiary/aromatic N) is 1. The molecule has 1 aliphatic carbocycles. The zero-order valence-corrected chi connectivity index (χ0v) is 21.6. The number of benzene rings is 3. The van der Waals surface area contributed by atoms with Gasteiger partial charge in [-0.3, -0.25) is 4.90 Å². The molecule has 4 rings (SSSR count). The molecule has 1 aliphatic rings. The van der Waals surface area contributed by atoms with Crippen molar-refractivity contribution >= 4 is 32.8 Å². The standard InChI is InChI=1S/C29H34BrNO2/c1-20(26-17-9-11-21-10-5-6-16-27(21)26)31(28(32)33-29(2,3)4)25-15-8-13-23(19-25)22-12-7-14-24(30)18-22/h5-7,9-12,14,16-18,20,23,25H,8,13,15,19H2,1-4H3/t20-,23-,25-/m1/s1. The van der Waals surface area contributed by atoms with Gasteiger partial charge in [-0.05, 0) is 86.9 Å².